The monoisotopic (exact) mass is 320 g/mol. The van der Waals surface area contributed by atoms with E-state index in [0.717, 1.165) is 8.73 Å². The first-order valence-electron chi connectivity index (χ1n) is 2.57. The van der Waals surface area contributed by atoms with Gasteiger partial charge in [0.1, 0.15) is 8.73 Å². The molecule has 0 bridgehead atoms. The predicted molar refractivity (Wildman–Crippen MR) is 56.6 cm³/mol. The Bertz CT molecular complexity index is 281. The quantitative estimate of drug-likeness (QED) is 0.587. The zero-order valence-electron chi connectivity index (χ0n) is 5.44. The van der Waals surface area contributed by atoms with Crippen LogP contribution >= 0.6 is 57.6 Å². The second kappa shape index (κ2) is 4.11. The van der Waals surface area contributed by atoms with E-state index in [-0.39, 0.29) is 10.3 Å². The third-order valence-electron chi connectivity index (χ3n) is 0.936. The second-order valence-corrected chi connectivity index (χ2v) is 4.14. The van der Waals surface area contributed by atoms with Crippen LogP contribution in [-0.4, -0.2) is 16.2 Å². The third kappa shape index (κ3) is 2.34. The minimum Gasteiger partial charge on any atom is -0.224 e. The third-order valence-corrected chi connectivity index (χ3v) is 3.35. The average Bonchev–Trinajstić information content (AvgIpc) is 1.97. The largest absolute Gasteiger partial charge is 0.224 e. The van der Waals surface area contributed by atoms with Gasteiger partial charge in [0.2, 0.25) is 0 Å². The maximum atomic E-state index is 5.64. The van der Waals surface area contributed by atoms with Crippen molar-refractivity contribution in [2.45, 2.75) is 5.03 Å². The molecule has 0 spiro atoms. The molecule has 0 radical (unpaired) electrons. The van der Waals surface area contributed by atoms with E-state index in [2.05, 4.69) is 32.6 Å². The molecule has 0 unspecified atom stereocenters. The van der Waals surface area contributed by atoms with E-state index in [4.69, 9.17) is 23.2 Å². The van der Waals surface area contributed by atoms with E-state index >= 15 is 0 Å². The Balaban J connectivity index is 3.21. The van der Waals surface area contributed by atoms with Crippen LogP contribution < -0.4 is 0 Å². The summed E-state index contributed by atoms with van der Waals surface area (Å²) in [6.45, 7) is 0. The van der Waals surface area contributed by atoms with Gasteiger partial charge in [-0.05, 0) is 28.8 Å². The van der Waals surface area contributed by atoms with Crippen LogP contribution in [0.5, 0.6) is 0 Å². The van der Waals surface area contributed by atoms with E-state index in [9.17, 15) is 0 Å². The minimum absolute atomic E-state index is 0.258. The Morgan fingerprint density at radius 3 is 2.36 bits per heavy atom. The van der Waals surface area contributed by atoms with Gasteiger partial charge in [0.15, 0.2) is 10.3 Å². The standard InChI is InChI=1S/C5H3Cl2IN2S/c1-11-5-4(8)9-2(6)3(7)10-5/h1H3. The first-order chi connectivity index (χ1) is 5.15. The molecule has 1 aromatic rings. The zero-order chi connectivity index (χ0) is 8.43. The van der Waals surface area contributed by atoms with Gasteiger partial charge in [-0.2, -0.15) is 0 Å². The van der Waals surface area contributed by atoms with Gasteiger partial charge in [-0.15, -0.1) is 11.8 Å². The van der Waals surface area contributed by atoms with Crippen LogP contribution in [0, 0.1) is 3.70 Å². The van der Waals surface area contributed by atoms with Crippen LogP contribution in [-0.2, 0) is 0 Å². The molecule has 0 aromatic carbocycles. The smallest absolute Gasteiger partial charge is 0.167 e. The molecule has 1 heterocycles. The average molecular weight is 321 g/mol. The highest BCUT2D eigenvalue weighted by Crippen LogP contribution is 2.24. The summed E-state index contributed by atoms with van der Waals surface area (Å²) in [6.07, 6.45) is 1.91. The van der Waals surface area contributed by atoms with Crippen molar-refractivity contribution in [1.29, 1.82) is 0 Å². The van der Waals surface area contributed by atoms with Crippen molar-refractivity contribution < 1.29 is 0 Å². The summed E-state index contributed by atoms with van der Waals surface area (Å²) >= 11 is 14.8. The van der Waals surface area contributed by atoms with Crippen molar-refractivity contribution in [3.05, 3.63) is 14.0 Å². The normalized spacial score (nSPS) is 10.2. The van der Waals surface area contributed by atoms with Crippen molar-refractivity contribution in [2.24, 2.45) is 0 Å². The summed E-state index contributed by atoms with van der Waals surface area (Å²) in [6, 6.07) is 0. The van der Waals surface area contributed by atoms with E-state index in [1.807, 2.05) is 6.26 Å². The topological polar surface area (TPSA) is 25.8 Å². The van der Waals surface area contributed by atoms with Crippen LogP contribution in [0.1, 0.15) is 0 Å². The van der Waals surface area contributed by atoms with Crippen molar-refractivity contribution in [3.8, 4) is 0 Å². The number of nitrogens with zero attached hydrogens (tertiary/aromatic N) is 2. The Hall–Kier alpha value is 0.740. The molecule has 0 atom stereocenters. The molecular weight excluding hydrogens is 318 g/mol. The fourth-order valence-electron chi connectivity index (χ4n) is 0.491. The molecule has 0 aliphatic heterocycles. The van der Waals surface area contributed by atoms with Crippen LogP contribution in [0.2, 0.25) is 10.3 Å². The first-order valence-corrected chi connectivity index (χ1v) is 5.63. The molecule has 0 amide bonds. The van der Waals surface area contributed by atoms with Crippen molar-refractivity contribution in [1.82, 2.24) is 9.97 Å². The van der Waals surface area contributed by atoms with Gasteiger partial charge in [-0.1, -0.05) is 23.2 Å². The van der Waals surface area contributed by atoms with Crippen LogP contribution in [0.4, 0.5) is 0 Å². The SMILES string of the molecule is CSc1nc(Cl)c(Cl)nc1I. The Morgan fingerprint density at radius 2 is 1.82 bits per heavy atom. The summed E-state index contributed by atoms with van der Waals surface area (Å²) in [5, 5.41) is 1.32. The highest BCUT2D eigenvalue weighted by molar-refractivity contribution is 14.1. The maximum absolute atomic E-state index is 5.64. The van der Waals surface area contributed by atoms with Gasteiger partial charge in [0.25, 0.3) is 0 Å². The minimum atomic E-state index is 0.258. The lowest BCUT2D eigenvalue weighted by Gasteiger charge is -1.99. The predicted octanol–water partition coefficient (Wildman–Crippen LogP) is 3.11. The molecule has 0 saturated heterocycles. The number of hydrogen-bond donors (Lipinski definition) is 0. The summed E-state index contributed by atoms with van der Waals surface area (Å²) in [4.78, 5) is 8.00. The highest BCUT2D eigenvalue weighted by Gasteiger charge is 2.06. The molecule has 6 heteroatoms. The molecule has 1 rings (SSSR count). The van der Waals surface area contributed by atoms with Crippen LogP contribution in [0.15, 0.2) is 5.03 Å². The summed E-state index contributed by atoms with van der Waals surface area (Å²) < 4.78 is 0.782. The van der Waals surface area contributed by atoms with Crippen molar-refractivity contribution in [3.63, 3.8) is 0 Å². The zero-order valence-corrected chi connectivity index (χ0v) is 9.92. The number of halogens is 3. The Morgan fingerprint density at radius 1 is 1.27 bits per heavy atom. The van der Waals surface area contributed by atoms with Gasteiger partial charge in [-0.25, -0.2) is 9.97 Å². The summed E-state index contributed by atoms with van der Waals surface area (Å²) in [7, 11) is 0. The fraction of sp³-hybridized carbons (Fsp3) is 0.200. The number of aromatic nitrogens is 2. The Kier molecular flexibility index (Phi) is 3.67. The number of hydrogen-bond acceptors (Lipinski definition) is 3. The highest BCUT2D eigenvalue weighted by atomic mass is 127. The molecule has 1 aromatic heterocycles. The van der Waals surface area contributed by atoms with E-state index in [1.54, 1.807) is 0 Å². The molecule has 60 valence electrons. The van der Waals surface area contributed by atoms with Crippen LogP contribution in [0.25, 0.3) is 0 Å². The summed E-state index contributed by atoms with van der Waals surface area (Å²) in [5.74, 6) is 0. The van der Waals surface area contributed by atoms with E-state index in [1.165, 1.54) is 11.8 Å². The van der Waals surface area contributed by atoms with Gasteiger partial charge in [0.05, 0.1) is 0 Å². The van der Waals surface area contributed by atoms with Gasteiger partial charge in [-0.3, -0.25) is 0 Å². The maximum Gasteiger partial charge on any atom is 0.167 e. The molecule has 0 N–H and O–H groups in total. The van der Waals surface area contributed by atoms with Gasteiger partial charge in [0, 0.05) is 0 Å². The molecule has 0 aliphatic rings. The lowest BCUT2D eigenvalue weighted by atomic mass is 10.8. The fourth-order valence-corrected chi connectivity index (χ4v) is 2.36. The van der Waals surface area contributed by atoms with Crippen LogP contribution in [0.3, 0.4) is 0 Å². The molecule has 0 saturated carbocycles. The first kappa shape index (κ1) is 9.83. The molecular formula is C5H3Cl2IN2S. The Labute approximate surface area is 92.2 Å². The number of rotatable bonds is 1. The van der Waals surface area contributed by atoms with Crippen molar-refractivity contribution in [2.75, 3.05) is 6.26 Å². The van der Waals surface area contributed by atoms with E-state index < -0.39 is 0 Å². The molecule has 0 fully saturated rings. The lowest BCUT2D eigenvalue weighted by molar-refractivity contribution is 1.02. The lowest BCUT2D eigenvalue weighted by Crippen LogP contribution is -1.91. The second-order valence-electron chi connectivity index (χ2n) is 1.61. The van der Waals surface area contributed by atoms with E-state index in [0.29, 0.717) is 0 Å². The molecule has 2 nitrogen and oxygen atoms in total. The number of thioether (sulfide) groups is 1. The molecule has 0 aliphatic carbocycles. The summed E-state index contributed by atoms with van der Waals surface area (Å²) in [5.41, 5.74) is 0. The van der Waals surface area contributed by atoms with Crippen molar-refractivity contribution >= 4 is 57.6 Å². The van der Waals surface area contributed by atoms with Gasteiger partial charge >= 0.3 is 0 Å². The molecule has 11 heavy (non-hydrogen) atoms. The van der Waals surface area contributed by atoms with Gasteiger partial charge < -0.3 is 0 Å².